The second-order valence-corrected chi connectivity index (χ2v) is 4.76. The average molecular weight is 274 g/mol. The molecule has 0 fully saturated rings. The molecule has 1 amide bonds. The van der Waals surface area contributed by atoms with Crippen LogP contribution in [0.2, 0.25) is 0 Å². The van der Waals surface area contributed by atoms with E-state index in [1.54, 1.807) is 11.0 Å². The second-order valence-electron chi connectivity index (χ2n) is 4.76. The van der Waals surface area contributed by atoms with Gasteiger partial charge < -0.3 is 14.5 Å². The zero-order chi connectivity index (χ0) is 14.5. The molecule has 0 atom stereocenters. The van der Waals surface area contributed by atoms with Crippen LogP contribution in [0.1, 0.15) is 24.3 Å². The van der Waals surface area contributed by atoms with E-state index < -0.39 is 0 Å². The van der Waals surface area contributed by atoms with Crippen LogP contribution in [0.25, 0.3) is 11.3 Å². The molecule has 5 heteroatoms. The van der Waals surface area contributed by atoms with Gasteiger partial charge in [-0.05, 0) is 13.8 Å². The Hall–Kier alpha value is -2.14. The first-order chi connectivity index (χ1) is 9.63. The highest BCUT2D eigenvalue weighted by Crippen LogP contribution is 2.20. The molecule has 0 bridgehead atoms. The number of aromatic nitrogens is 1. The van der Waals surface area contributed by atoms with Crippen molar-refractivity contribution in [3.05, 3.63) is 42.1 Å². The van der Waals surface area contributed by atoms with Gasteiger partial charge in [-0.15, -0.1) is 0 Å². The van der Waals surface area contributed by atoms with E-state index in [0.717, 1.165) is 5.56 Å². The molecule has 0 aliphatic rings. The first-order valence-electron chi connectivity index (χ1n) is 6.57. The van der Waals surface area contributed by atoms with E-state index in [-0.39, 0.29) is 30.8 Å². The van der Waals surface area contributed by atoms with Gasteiger partial charge in [-0.1, -0.05) is 35.5 Å². The third-order valence-corrected chi connectivity index (χ3v) is 3.01. The van der Waals surface area contributed by atoms with Gasteiger partial charge in [0.1, 0.15) is 0 Å². The van der Waals surface area contributed by atoms with Crippen molar-refractivity contribution in [2.45, 2.75) is 19.9 Å². The Morgan fingerprint density at radius 1 is 1.35 bits per heavy atom. The molecule has 2 aromatic rings. The van der Waals surface area contributed by atoms with Crippen LogP contribution in [0.4, 0.5) is 0 Å². The molecule has 1 aromatic heterocycles. The lowest BCUT2D eigenvalue weighted by molar-refractivity contribution is 0.0655. The molecule has 20 heavy (non-hydrogen) atoms. The minimum absolute atomic E-state index is 0.00785. The van der Waals surface area contributed by atoms with Crippen molar-refractivity contribution in [1.82, 2.24) is 10.1 Å². The molecule has 5 nitrogen and oxygen atoms in total. The maximum absolute atomic E-state index is 12.3. The van der Waals surface area contributed by atoms with Crippen molar-refractivity contribution in [2.24, 2.45) is 0 Å². The third kappa shape index (κ3) is 3.05. The number of aliphatic hydroxyl groups is 1. The summed E-state index contributed by atoms with van der Waals surface area (Å²) in [5.41, 5.74) is 1.13. The minimum atomic E-state index is -0.236. The molecule has 0 spiro atoms. The fourth-order valence-corrected chi connectivity index (χ4v) is 1.96. The zero-order valence-corrected chi connectivity index (χ0v) is 11.6. The summed E-state index contributed by atoms with van der Waals surface area (Å²) in [6.45, 7) is 3.99. The van der Waals surface area contributed by atoms with Crippen molar-refractivity contribution >= 4 is 5.91 Å². The monoisotopic (exact) mass is 274 g/mol. The fourth-order valence-electron chi connectivity index (χ4n) is 1.96. The molecule has 1 heterocycles. The summed E-state index contributed by atoms with van der Waals surface area (Å²) in [5.74, 6) is 0.321. The first kappa shape index (κ1) is 14.3. The van der Waals surface area contributed by atoms with Gasteiger partial charge in [-0.25, -0.2) is 0 Å². The molecule has 2 rings (SSSR count). The molecule has 0 saturated carbocycles. The maximum atomic E-state index is 12.3. The smallest absolute Gasteiger partial charge is 0.276 e. The molecule has 1 N–H and O–H groups in total. The molecular formula is C15H18N2O3. The minimum Gasteiger partial charge on any atom is -0.395 e. The lowest BCUT2D eigenvalue weighted by Gasteiger charge is -2.24. The van der Waals surface area contributed by atoms with E-state index in [2.05, 4.69) is 5.16 Å². The summed E-state index contributed by atoms with van der Waals surface area (Å²) in [6, 6.07) is 11.1. The second kappa shape index (κ2) is 6.34. The van der Waals surface area contributed by atoms with E-state index in [4.69, 9.17) is 9.63 Å². The summed E-state index contributed by atoms with van der Waals surface area (Å²) in [4.78, 5) is 13.9. The topological polar surface area (TPSA) is 66.6 Å². The number of carbonyl (C=O) groups excluding carboxylic acids is 1. The molecule has 0 radical (unpaired) electrons. The Kier molecular flexibility index (Phi) is 4.53. The van der Waals surface area contributed by atoms with Crippen molar-refractivity contribution in [2.75, 3.05) is 13.2 Å². The van der Waals surface area contributed by atoms with Crippen LogP contribution >= 0.6 is 0 Å². The number of benzene rings is 1. The Bertz CT molecular complexity index is 564. The number of nitrogens with zero attached hydrogens (tertiary/aromatic N) is 2. The van der Waals surface area contributed by atoms with E-state index in [9.17, 15) is 4.79 Å². The Labute approximate surface area is 117 Å². The maximum Gasteiger partial charge on any atom is 0.276 e. The summed E-state index contributed by atoms with van der Waals surface area (Å²) in [5, 5.41) is 12.9. The van der Waals surface area contributed by atoms with Crippen molar-refractivity contribution in [1.29, 1.82) is 0 Å². The van der Waals surface area contributed by atoms with Gasteiger partial charge >= 0.3 is 0 Å². The Morgan fingerprint density at radius 2 is 2.05 bits per heavy atom. The van der Waals surface area contributed by atoms with Crippen LogP contribution < -0.4 is 0 Å². The van der Waals surface area contributed by atoms with Crippen LogP contribution in [0.3, 0.4) is 0 Å². The van der Waals surface area contributed by atoms with Crippen LogP contribution in [-0.4, -0.2) is 40.3 Å². The Balaban J connectivity index is 2.22. The molecule has 0 aliphatic heterocycles. The summed E-state index contributed by atoms with van der Waals surface area (Å²) < 4.78 is 5.22. The predicted octanol–water partition coefficient (Wildman–Crippen LogP) is 2.18. The third-order valence-electron chi connectivity index (χ3n) is 3.01. The molecule has 1 aromatic carbocycles. The van der Waals surface area contributed by atoms with E-state index >= 15 is 0 Å². The lowest BCUT2D eigenvalue weighted by atomic mass is 10.1. The number of rotatable bonds is 5. The normalized spacial score (nSPS) is 10.8. The van der Waals surface area contributed by atoms with Crippen LogP contribution in [0, 0.1) is 0 Å². The van der Waals surface area contributed by atoms with Gasteiger partial charge in [0, 0.05) is 24.2 Å². The van der Waals surface area contributed by atoms with E-state index in [1.807, 2.05) is 44.2 Å². The van der Waals surface area contributed by atoms with E-state index in [0.29, 0.717) is 5.76 Å². The van der Waals surface area contributed by atoms with Crippen molar-refractivity contribution < 1.29 is 14.4 Å². The van der Waals surface area contributed by atoms with Crippen LogP contribution in [-0.2, 0) is 0 Å². The van der Waals surface area contributed by atoms with Gasteiger partial charge in [0.25, 0.3) is 5.91 Å². The zero-order valence-electron chi connectivity index (χ0n) is 11.6. The predicted molar refractivity (Wildman–Crippen MR) is 75.2 cm³/mol. The number of hydrogen-bond acceptors (Lipinski definition) is 4. The average Bonchev–Trinajstić information content (AvgIpc) is 2.94. The van der Waals surface area contributed by atoms with Crippen LogP contribution in [0.15, 0.2) is 40.9 Å². The number of amides is 1. The number of hydrogen-bond donors (Lipinski definition) is 1. The molecule has 106 valence electrons. The highest BCUT2D eigenvalue weighted by molar-refractivity contribution is 5.93. The van der Waals surface area contributed by atoms with Gasteiger partial charge in [0.05, 0.1) is 6.61 Å². The molecule has 0 unspecified atom stereocenters. The van der Waals surface area contributed by atoms with E-state index in [1.165, 1.54) is 0 Å². The fraction of sp³-hybridized carbons (Fsp3) is 0.333. The molecule has 0 saturated heterocycles. The van der Waals surface area contributed by atoms with Gasteiger partial charge in [-0.3, -0.25) is 4.79 Å². The van der Waals surface area contributed by atoms with Gasteiger partial charge in [0.15, 0.2) is 11.5 Å². The lowest BCUT2D eigenvalue weighted by Crippen LogP contribution is -2.39. The Morgan fingerprint density at radius 3 is 2.65 bits per heavy atom. The number of carbonyl (C=O) groups is 1. The summed E-state index contributed by atoms with van der Waals surface area (Å²) in [7, 11) is 0. The van der Waals surface area contributed by atoms with Gasteiger partial charge in [-0.2, -0.15) is 0 Å². The standard InChI is InChI=1S/C15H18N2O3/c1-11(2)17(8-9-18)15(19)13-10-14(20-16-13)12-6-4-3-5-7-12/h3-7,10-11,18H,8-9H2,1-2H3. The SMILES string of the molecule is CC(C)N(CCO)C(=O)c1cc(-c2ccccc2)on1. The summed E-state index contributed by atoms with van der Waals surface area (Å²) in [6.07, 6.45) is 0. The van der Waals surface area contributed by atoms with Gasteiger partial charge in [0.2, 0.25) is 0 Å². The van der Waals surface area contributed by atoms with Crippen molar-refractivity contribution in [3.8, 4) is 11.3 Å². The highest BCUT2D eigenvalue weighted by atomic mass is 16.5. The van der Waals surface area contributed by atoms with Crippen molar-refractivity contribution in [3.63, 3.8) is 0 Å². The first-order valence-corrected chi connectivity index (χ1v) is 6.57. The molecular weight excluding hydrogens is 256 g/mol. The van der Waals surface area contributed by atoms with Crippen LogP contribution in [0.5, 0.6) is 0 Å². The summed E-state index contributed by atoms with van der Waals surface area (Å²) >= 11 is 0. The largest absolute Gasteiger partial charge is 0.395 e. The quantitative estimate of drug-likeness (QED) is 0.907. The number of aliphatic hydroxyl groups excluding tert-OH is 1. The molecule has 0 aliphatic carbocycles. The highest BCUT2D eigenvalue weighted by Gasteiger charge is 2.22.